The lowest BCUT2D eigenvalue weighted by atomic mass is 9.99. The van der Waals surface area contributed by atoms with Gasteiger partial charge < -0.3 is 14.1 Å². The number of methoxy groups -OCH3 is 1. The van der Waals surface area contributed by atoms with Gasteiger partial charge >= 0.3 is 0 Å². The molecule has 0 unspecified atom stereocenters. The molecule has 0 radical (unpaired) electrons. The van der Waals surface area contributed by atoms with E-state index < -0.39 is 0 Å². The van der Waals surface area contributed by atoms with Crippen molar-refractivity contribution in [2.24, 2.45) is 0 Å². The van der Waals surface area contributed by atoms with Gasteiger partial charge in [-0.15, -0.1) is 0 Å². The van der Waals surface area contributed by atoms with E-state index in [0.717, 1.165) is 56.0 Å². The molecule has 0 aliphatic carbocycles. The van der Waals surface area contributed by atoms with E-state index in [4.69, 9.17) is 14.1 Å². The van der Waals surface area contributed by atoms with Gasteiger partial charge in [0, 0.05) is 22.5 Å². The molecule has 0 fully saturated rings. The number of benzene rings is 8. The summed E-state index contributed by atoms with van der Waals surface area (Å²) in [5.74, 6) is 1.37. The zero-order chi connectivity index (χ0) is 33.4. The number of nitrogens with zero attached hydrogens (tertiary/aromatic N) is 2. The highest BCUT2D eigenvalue weighted by Crippen LogP contribution is 2.46. The van der Waals surface area contributed by atoms with Crippen molar-refractivity contribution in [1.29, 1.82) is 0 Å². The Morgan fingerprint density at radius 2 is 1.08 bits per heavy atom. The third-order valence-corrected chi connectivity index (χ3v) is 9.36. The minimum Gasteiger partial charge on any atom is -0.496 e. The summed E-state index contributed by atoms with van der Waals surface area (Å²) in [4.78, 5) is 7.15. The van der Waals surface area contributed by atoms with Crippen LogP contribution in [0.1, 0.15) is 0 Å². The van der Waals surface area contributed by atoms with Crippen molar-refractivity contribution < 1.29 is 9.15 Å². The molecule has 50 heavy (non-hydrogen) atoms. The number of rotatable bonds is 7. The van der Waals surface area contributed by atoms with Gasteiger partial charge in [0.05, 0.1) is 12.8 Å². The van der Waals surface area contributed by atoms with Crippen LogP contribution < -0.4 is 9.64 Å². The smallest absolute Gasteiger partial charge is 0.227 e. The fourth-order valence-corrected chi connectivity index (χ4v) is 6.87. The van der Waals surface area contributed by atoms with Crippen molar-refractivity contribution >= 4 is 49.7 Å². The zero-order valence-corrected chi connectivity index (χ0v) is 27.5. The zero-order valence-electron chi connectivity index (χ0n) is 27.5. The quantitative estimate of drug-likeness (QED) is 0.173. The average molecular weight is 645 g/mol. The van der Waals surface area contributed by atoms with Crippen molar-refractivity contribution in [2.45, 2.75) is 0 Å². The molecule has 0 aliphatic heterocycles. The monoisotopic (exact) mass is 644 g/mol. The molecule has 0 amide bonds. The summed E-state index contributed by atoms with van der Waals surface area (Å²) in [5.41, 5.74) is 9.82. The predicted octanol–water partition coefficient (Wildman–Crippen LogP) is 12.6. The van der Waals surface area contributed by atoms with Crippen LogP contribution in [0.2, 0.25) is 0 Å². The van der Waals surface area contributed by atoms with Crippen LogP contribution >= 0.6 is 0 Å². The Balaban J connectivity index is 1.14. The molecule has 0 saturated heterocycles. The first-order valence-corrected chi connectivity index (χ1v) is 16.7. The fraction of sp³-hybridized carbons (Fsp3) is 0.0217. The van der Waals surface area contributed by atoms with Crippen molar-refractivity contribution in [3.63, 3.8) is 0 Å². The average Bonchev–Trinajstić information content (AvgIpc) is 3.62. The van der Waals surface area contributed by atoms with Crippen molar-refractivity contribution in [3.05, 3.63) is 176 Å². The third-order valence-electron chi connectivity index (χ3n) is 9.36. The minimum atomic E-state index is 0.598. The highest BCUT2D eigenvalue weighted by Gasteiger charge is 2.21. The summed E-state index contributed by atoms with van der Waals surface area (Å²) in [6.07, 6.45) is 0. The molecular weight excluding hydrogens is 613 g/mol. The van der Waals surface area contributed by atoms with Gasteiger partial charge in [0.25, 0.3) is 0 Å². The largest absolute Gasteiger partial charge is 0.496 e. The summed E-state index contributed by atoms with van der Waals surface area (Å²) in [6, 6.07) is 61.4. The van der Waals surface area contributed by atoms with Gasteiger partial charge in [-0.3, -0.25) is 0 Å². The fourth-order valence-electron chi connectivity index (χ4n) is 6.87. The Morgan fingerprint density at radius 1 is 0.480 bits per heavy atom. The number of aromatic nitrogens is 1. The van der Waals surface area contributed by atoms with Gasteiger partial charge in [-0.05, 0) is 105 Å². The molecule has 4 heteroatoms. The van der Waals surface area contributed by atoms with Gasteiger partial charge in [-0.2, -0.15) is 0 Å². The van der Waals surface area contributed by atoms with Gasteiger partial charge in [-0.1, -0.05) is 109 Å². The summed E-state index contributed by atoms with van der Waals surface area (Å²) in [5, 5.41) is 4.80. The summed E-state index contributed by atoms with van der Waals surface area (Å²) >= 11 is 0. The summed E-state index contributed by atoms with van der Waals surface area (Å²) in [7, 11) is 1.72. The summed E-state index contributed by atoms with van der Waals surface area (Å²) in [6.45, 7) is 0. The number of para-hydroxylation sites is 1. The van der Waals surface area contributed by atoms with Crippen LogP contribution in [0.25, 0.3) is 66.4 Å². The predicted molar refractivity (Wildman–Crippen MR) is 207 cm³/mol. The molecular formula is C46H32N2O2. The molecule has 0 N–H and O–H groups in total. The van der Waals surface area contributed by atoms with Gasteiger partial charge in [-0.25, -0.2) is 4.98 Å². The van der Waals surface area contributed by atoms with Crippen LogP contribution in [-0.4, -0.2) is 12.1 Å². The number of ether oxygens (including phenoxy) is 1. The first-order chi connectivity index (χ1) is 24.7. The Bertz CT molecular complexity index is 2640. The number of hydrogen-bond acceptors (Lipinski definition) is 4. The molecule has 0 atom stereocenters. The maximum atomic E-state index is 6.42. The molecule has 0 spiro atoms. The van der Waals surface area contributed by atoms with E-state index in [1.54, 1.807) is 7.11 Å². The van der Waals surface area contributed by atoms with Crippen LogP contribution in [-0.2, 0) is 0 Å². The first kappa shape index (κ1) is 29.5. The topological polar surface area (TPSA) is 38.5 Å². The van der Waals surface area contributed by atoms with E-state index in [0.29, 0.717) is 11.5 Å². The van der Waals surface area contributed by atoms with Crippen molar-refractivity contribution in [2.75, 3.05) is 12.0 Å². The lowest BCUT2D eigenvalue weighted by Crippen LogP contribution is -2.11. The van der Waals surface area contributed by atoms with E-state index in [1.807, 2.05) is 30.3 Å². The molecule has 1 aromatic heterocycles. The number of oxazole rings is 1. The second-order valence-corrected chi connectivity index (χ2v) is 12.4. The van der Waals surface area contributed by atoms with Crippen LogP contribution in [0.3, 0.4) is 0 Å². The first-order valence-electron chi connectivity index (χ1n) is 16.7. The van der Waals surface area contributed by atoms with Crippen LogP contribution in [0.5, 0.6) is 5.75 Å². The Kier molecular flexibility index (Phi) is 7.33. The van der Waals surface area contributed by atoms with E-state index in [2.05, 4.69) is 150 Å². The Hall–Kier alpha value is -6.65. The highest BCUT2D eigenvalue weighted by atomic mass is 16.5. The molecule has 238 valence electrons. The van der Waals surface area contributed by atoms with Gasteiger partial charge in [0.1, 0.15) is 11.3 Å². The second-order valence-electron chi connectivity index (χ2n) is 12.4. The molecule has 0 aliphatic rings. The van der Waals surface area contributed by atoms with Crippen molar-refractivity contribution in [1.82, 2.24) is 4.98 Å². The number of fused-ring (bicyclic) bond motifs is 3. The SMILES string of the molecule is COc1cccc(N(c2ccccc2)c2ccc(-c3ccc4ccccc4c3)cc2)c1-c1ccc2nc(-c3ccc4ccccc4c3)oc2c1. The molecule has 4 nitrogen and oxygen atoms in total. The lowest BCUT2D eigenvalue weighted by Gasteiger charge is -2.28. The van der Waals surface area contributed by atoms with Crippen LogP contribution in [0.4, 0.5) is 17.1 Å². The molecule has 9 aromatic rings. The van der Waals surface area contributed by atoms with Crippen LogP contribution in [0, 0.1) is 0 Å². The normalized spacial score (nSPS) is 11.3. The molecule has 0 saturated carbocycles. The van der Waals surface area contributed by atoms with Crippen molar-refractivity contribution in [3.8, 4) is 39.5 Å². The summed E-state index contributed by atoms with van der Waals surface area (Å²) < 4.78 is 12.5. The van der Waals surface area contributed by atoms with Gasteiger partial charge in [0.2, 0.25) is 5.89 Å². The Labute approximate surface area is 290 Å². The number of hydrogen-bond donors (Lipinski definition) is 0. The standard InChI is InChI=1S/C46H32N2O2/c1-49-43-17-9-16-42(45(43)37-24-27-41-44(30-37)50-46(47-41)38-21-19-32-11-6-8-13-35(32)29-38)48(39-14-3-2-4-15-39)40-25-22-33(23-26-40)36-20-18-31-10-5-7-12-34(31)28-36/h2-30H,1H3. The van der Waals surface area contributed by atoms with Gasteiger partial charge in [0.15, 0.2) is 5.58 Å². The maximum Gasteiger partial charge on any atom is 0.227 e. The maximum absolute atomic E-state index is 6.42. The molecule has 0 bridgehead atoms. The lowest BCUT2D eigenvalue weighted by molar-refractivity contribution is 0.416. The molecule has 1 heterocycles. The third kappa shape index (κ3) is 5.33. The molecule has 9 rings (SSSR count). The van der Waals surface area contributed by atoms with E-state index in [-0.39, 0.29) is 0 Å². The van der Waals surface area contributed by atoms with E-state index in [9.17, 15) is 0 Å². The van der Waals surface area contributed by atoms with E-state index >= 15 is 0 Å². The van der Waals surface area contributed by atoms with Crippen LogP contribution in [0.15, 0.2) is 180 Å². The molecule has 8 aromatic carbocycles. The highest BCUT2D eigenvalue weighted by molar-refractivity contribution is 5.95. The van der Waals surface area contributed by atoms with E-state index in [1.165, 1.54) is 21.7 Å². The number of anilines is 3. The minimum absolute atomic E-state index is 0.598. The Morgan fingerprint density at radius 3 is 1.80 bits per heavy atom. The second kappa shape index (κ2) is 12.4.